The van der Waals surface area contributed by atoms with E-state index in [1.165, 1.54) is 12.3 Å². The first-order valence-electron chi connectivity index (χ1n) is 6.11. The van der Waals surface area contributed by atoms with E-state index in [-0.39, 0.29) is 5.69 Å². The monoisotopic (exact) mass is 392 g/mol. The fraction of sp³-hybridized carbons (Fsp3) is 0. The van der Waals surface area contributed by atoms with Crippen LogP contribution in [0.5, 0.6) is 11.5 Å². The van der Waals surface area contributed by atoms with Crippen molar-refractivity contribution >= 4 is 39.2 Å². The number of halogens is 1. The van der Waals surface area contributed by atoms with Gasteiger partial charge in [0, 0.05) is 21.2 Å². The first kappa shape index (κ1) is 13.7. The second-order valence-electron chi connectivity index (χ2n) is 4.30. The molecule has 0 saturated carbocycles. The Morgan fingerprint density at radius 2 is 1.95 bits per heavy atom. The number of hydrogen-bond donors (Lipinski definition) is 0. The van der Waals surface area contributed by atoms with E-state index in [0.29, 0.717) is 22.4 Å². The second kappa shape index (κ2) is 5.65. The van der Waals surface area contributed by atoms with Gasteiger partial charge >= 0.3 is 0 Å². The molecule has 6 heteroatoms. The van der Waals surface area contributed by atoms with Gasteiger partial charge in [0.2, 0.25) is 0 Å². The zero-order valence-corrected chi connectivity index (χ0v) is 12.9. The predicted molar refractivity (Wildman–Crippen MR) is 87.6 cm³/mol. The lowest BCUT2D eigenvalue weighted by Crippen LogP contribution is -1.93. The fourth-order valence-corrected chi connectivity index (χ4v) is 2.54. The van der Waals surface area contributed by atoms with E-state index in [1.807, 2.05) is 24.3 Å². The van der Waals surface area contributed by atoms with Gasteiger partial charge in [0.1, 0.15) is 11.5 Å². The smallest absolute Gasteiger partial charge is 0.295 e. The molecule has 0 N–H and O–H groups in total. The highest BCUT2D eigenvalue weighted by Crippen LogP contribution is 2.33. The first-order chi connectivity index (χ1) is 10.1. The van der Waals surface area contributed by atoms with Crippen LogP contribution in [0, 0.1) is 13.7 Å². The highest BCUT2D eigenvalue weighted by molar-refractivity contribution is 14.1. The van der Waals surface area contributed by atoms with Gasteiger partial charge in [-0.3, -0.25) is 10.1 Å². The average molecular weight is 392 g/mol. The van der Waals surface area contributed by atoms with Gasteiger partial charge < -0.3 is 4.74 Å². The number of nitro groups is 1. The molecule has 0 fully saturated rings. The van der Waals surface area contributed by atoms with Crippen molar-refractivity contribution in [2.24, 2.45) is 0 Å². The Balaban J connectivity index is 2.11. The van der Waals surface area contributed by atoms with Crippen LogP contribution in [0.25, 0.3) is 10.9 Å². The molecule has 0 atom stereocenters. The molecular formula is C15H9IN2O3. The highest BCUT2D eigenvalue weighted by atomic mass is 127. The van der Waals surface area contributed by atoms with Crippen molar-refractivity contribution in [3.8, 4) is 11.5 Å². The maximum atomic E-state index is 11.1. The number of nitrogens with zero attached hydrogens (tertiary/aromatic N) is 2. The van der Waals surface area contributed by atoms with Crippen molar-refractivity contribution in [3.05, 3.63) is 68.4 Å². The molecule has 1 aromatic heterocycles. The summed E-state index contributed by atoms with van der Waals surface area (Å²) < 4.78 is 6.89. The molecule has 3 aromatic rings. The molecule has 3 rings (SSSR count). The van der Waals surface area contributed by atoms with Crippen molar-refractivity contribution in [2.75, 3.05) is 0 Å². The highest BCUT2D eigenvalue weighted by Gasteiger charge is 2.15. The Morgan fingerprint density at radius 3 is 2.71 bits per heavy atom. The summed E-state index contributed by atoms with van der Waals surface area (Å²) in [6, 6.07) is 14.1. The Kier molecular flexibility index (Phi) is 3.70. The predicted octanol–water partition coefficient (Wildman–Crippen LogP) is 4.54. The number of ether oxygens (including phenoxy) is 1. The SMILES string of the molecule is O=[N+]([O-])c1cccc2c(Oc3cccc(I)c3)ccnc12. The average Bonchev–Trinajstić information content (AvgIpc) is 2.47. The van der Waals surface area contributed by atoms with Crippen LogP contribution in [0.3, 0.4) is 0 Å². The molecule has 0 unspecified atom stereocenters. The molecule has 104 valence electrons. The first-order valence-corrected chi connectivity index (χ1v) is 7.18. The summed E-state index contributed by atoms with van der Waals surface area (Å²) in [4.78, 5) is 14.7. The quantitative estimate of drug-likeness (QED) is 0.373. The van der Waals surface area contributed by atoms with Crippen molar-refractivity contribution < 1.29 is 9.66 Å². The molecule has 1 heterocycles. The molecule has 0 aliphatic rings. The fourth-order valence-electron chi connectivity index (χ4n) is 2.03. The third kappa shape index (κ3) is 2.80. The minimum atomic E-state index is -0.440. The van der Waals surface area contributed by atoms with Crippen molar-refractivity contribution in [2.45, 2.75) is 0 Å². The van der Waals surface area contributed by atoms with Gasteiger partial charge in [0.25, 0.3) is 5.69 Å². The van der Waals surface area contributed by atoms with Crippen LogP contribution in [-0.2, 0) is 0 Å². The summed E-state index contributed by atoms with van der Waals surface area (Å²) in [7, 11) is 0. The van der Waals surface area contributed by atoms with E-state index in [9.17, 15) is 10.1 Å². The molecule has 0 bridgehead atoms. The Labute approximate surface area is 133 Å². The molecule has 2 aromatic carbocycles. The molecule has 0 spiro atoms. The van der Waals surface area contributed by atoms with E-state index in [1.54, 1.807) is 18.2 Å². The summed E-state index contributed by atoms with van der Waals surface area (Å²) in [5.74, 6) is 1.23. The van der Waals surface area contributed by atoms with Gasteiger partial charge in [0.15, 0.2) is 5.52 Å². The lowest BCUT2D eigenvalue weighted by Gasteiger charge is -2.08. The maximum absolute atomic E-state index is 11.1. The number of pyridine rings is 1. The molecular weight excluding hydrogens is 383 g/mol. The number of para-hydroxylation sites is 1. The van der Waals surface area contributed by atoms with Crippen LogP contribution in [0.2, 0.25) is 0 Å². The van der Waals surface area contributed by atoms with Gasteiger partial charge in [-0.05, 0) is 52.9 Å². The van der Waals surface area contributed by atoms with Gasteiger partial charge in [0.05, 0.1) is 4.92 Å². The van der Waals surface area contributed by atoms with Crippen LogP contribution >= 0.6 is 22.6 Å². The number of benzene rings is 2. The minimum Gasteiger partial charge on any atom is -0.457 e. The van der Waals surface area contributed by atoms with Crippen LogP contribution in [-0.4, -0.2) is 9.91 Å². The van der Waals surface area contributed by atoms with E-state index < -0.39 is 4.92 Å². The molecule has 21 heavy (non-hydrogen) atoms. The van der Waals surface area contributed by atoms with Crippen LogP contribution in [0.4, 0.5) is 5.69 Å². The number of nitro benzene ring substituents is 1. The van der Waals surface area contributed by atoms with E-state index >= 15 is 0 Å². The Bertz CT molecular complexity index is 836. The molecule has 0 saturated heterocycles. The zero-order chi connectivity index (χ0) is 14.8. The molecule has 5 nitrogen and oxygen atoms in total. The van der Waals surface area contributed by atoms with Gasteiger partial charge in [-0.1, -0.05) is 12.1 Å². The third-order valence-electron chi connectivity index (χ3n) is 2.93. The number of hydrogen-bond acceptors (Lipinski definition) is 4. The minimum absolute atomic E-state index is 0.0272. The maximum Gasteiger partial charge on any atom is 0.295 e. The second-order valence-corrected chi connectivity index (χ2v) is 5.54. The molecule has 0 amide bonds. The van der Waals surface area contributed by atoms with Gasteiger partial charge in [-0.2, -0.15) is 0 Å². The largest absolute Gasteiger partial charge is 0.457 e. The summed E-state index contributed by atoms with van der Waals surface area (Å²) in [6.07, 6.45) is 1.51. The lowest BCUT2D eigenvalue weighted by molar-refractivity contribution is -0.383. The van der Waals surface area contributed by atoms with Crippen LogP contribution in [0.1, 0.15) is 0 Å². The number of non-ortho nitro benzene ring substituents is 1. The Hall–Kier alpha value is -2.22. The van der Waals surface area contributed by atoms with Crippen LogP contribution < -0.4 is 4.74 Å². The van der Waals surface area contributed by atoms with E-state index in [2.05, 4.69) is 27.6 Å². The van der Waals surface area contributed by atoms with Crippen molar-refractivity contribution in [1.82, 2.24) is 4.98 Å². The summed E-state index contributed by atoms with van der Waals surface area (Å²) in [6.45, 7) is 0. The van der Waals surface area contributed by atoms with E-state index in [4.69, 9.17) is 4.74 Å². The summed E-state index contributed by atoms with van der Waals surface area (Å²) in [5.41, 5.74) is 0.297. The molecule has 0 radical (unpaired) electrons. The lowest BCUT2D eigenvalue weighted by atomic mass is 10.2. The van der Waals surface area contributed by atoms with Crippen LogP contribution in [0.15, 0.2) is 54.7 Å². The standard InChI is InChI=1S/C15H9IN2O3/c16-10-3-1-4-11(9-10)21-14-7-8-17-15-12(14)5-2-6-13(15)18(19)20/h1-9H. The number of rotatable bonds is 3. The number of aromatic nitrogens is 1. The topological polar surface area (TPSA) is 65.3 Å². The van der Waals surface area contributed by atoms with Crippen molar-refractivity contribution in [3.63, 3.8) is 0 Å². The van der Waals surface area contributed by atoms with Gasteiger partial charge in [-0.25, -0.2) is 4.98 Å². The van der Waals surface area contributed by atoms with Gasteiger partial charge in [-0.15, -0.1) is 0 Å². The summed E-state index contributed by atoms with van der Waals surface area (Å²) >= 11 is 2.20. The Morgan fingerprint density at radius 1 is 1.14 bits per heavy atom. The molecule has 0 aliphatic heterocycles. The normalized spacial score (nSPS) is 10.5. The van der Waals surface area contributed by atoms with E-state index in [0.717, 1.165) is 3.57 Å². The van der Waals surface area contributed by atoms with Crippen molar-refractivity contribution in [1.29, 1.82) is 0 Å². The zero-order valence-electron chi connectivity index (χ0n) is 10.7. The number of fused-ring (bicyclic) bond motifs is 1. The summed E-state index contributed by atoms with van der Waals surface area (Å²) in [5, 5.41) is 11.7. The third-order valence-corrected chi connectivity index (χ3v) is 3.60. The molecule has 0 aliphatic carbocycles.